The Morgan fingerprint density at radius 3 is 2.25 bits per heavy atom. The van der Waals surface area contributed by atoms with Gasteiger partial charge in [0, 0.05) is 18.3 Å². The number of benzene rings is 2. The second-order valence-corrected chi connectivity index (χ2v) is 11.7. The largest absolute Gasteiger partial charge is 1.00 e. The predicted molar refractivity (Wildman–Crippen MR) is 179 cm³/mol. The maximum absolute atomic E-state index is 13.1. The Bertz CT molecular complexity index is 1280. The lowest BCUT2D eigenvalue weighted by Crippen LogP contribution is -3.00. The van der Waals surface area contributed by atoms with Gasteiger partial charge in [0.1, 0.15) is 5.75 Å². The summed E-state index contributed by atoms with van der Waals surface area (Å²) >= 11 is 0. The summed E-state index contributed by atoms with van der Waals surface area (Å²) in [7, 11) is 0. The zero-order chi connectivity index (χ0) is 30.1. The number of hydrogen-bond acceptors (Lipinski definition) is 4. The van der Waals surface area contributed by atoms with Crippen LogP contribution >= 0.6 is 0 Å². The number of rotatable bonds is 20. The summed E-state index contributed by atoms with van der Waals surface area (Å²) in [6.07, 6.45) is 28.2. The van der Waals surface area contributed by atoms with Gasteiger partial charge in [0.25, 0.3) is 0 Å². The van der Waals surface area contributed by atoms with Crippen LogP contribution in [0.25, 0.3) is 0 Å². The van der Waals surface area contributed by atoms with Crippen molar-refractivity contribution in [1.29, 1.82) is 0 Å². The molecule has 6 heteroatoms. The van der Waals surface area contributed by atoms with Gasteiger partial charge in [-0.15, -0.1) is 0 Å². The minimum absolute atomic E-state index is 0. The van der Waals surface area contributed by atoms with Crippen LogP contribution in [-0.4, -0.2) is 23.2 Å². The number of unbranched alkanes of at least 4 members (excludes halogenated alkanes) is 11. The lowest BCUT2D eigenvalue weighted by Gasteiger charge is -2.23. The third kappa shape index (κ3) is 11.4. The Balaban J connectivity index is 0.00000529. The Morgan fingerprint density at radius 2 is 1.52 bits per heavy atom. The number of aliphatic imine (C=N–C) groups is 1. The van der Waals surface area contributed by atoms with E-state index in [1.54, 1.807) is 0 Å². The molecule has 0 atom stereocenters. The molecule has 0 aromatic heterocycles. The summed E-state index contributed by atoms with van der Waals surface area (Å²) in [6.45, 7) is 5.44. The van der Waals surface area contributed by atoms with E-state index in [1.165, 1.54) is 70.6 Å². The normalized spacial score (nSPS) is 13.1. The fraction of sp³-hybridized carbons (Fsp3) is 0.474. The molecule has 0 bridgehead atoms. The average molecular weight is 661 g/mol. The third-order valence-corrected chi connectivity index (χ3v) is 8.13. The first-order valence-corrected chi connectivity index (χ1v) is 16.6. The summed E-state index contributed by atoms with van der Waals surface area (Å²) in [5.41, 5.74) is 4.03. The van der Waals surface area contributed by atoms with Crippen LogP contribution in [0.4, 0.5) is 5.69 Å². The molecule has 1 amide bonds. The van der Waals surface area contributed by atoms with E-state index < -0.39 is 0 Å². The highest BCUT2D eigenvalue weighted by Crippen LogP contribution is 2.25. The van der Waals surface area contributed by atoms with Crippen molar-refractivity contribution in [3.05, 3.63) is 96.0 Å². The molecule has 0 N–H and O–H groups in total. The van der Waals surface area contributed by atoms with E-state index >= 15 is 0 Å². The van der Waals surface area contributed by atoms with Crippen LogP contribution in [0.1, 0.15) is 108 Å². The van der Waals surface area contributed by atoms with Gasteiger partial charge in [-0.1, -0.05) is 114 Å². The van der Waals surface area contributed by atoms with Gasteiger partial charge in [0.05, 0.1) is 25.6 Å². The van der Waals surface area contributed by atoms with Gasteiger partial charge in [-0.05, 0) is 54.0 Å². The predicted octanol–water partition coefficient (Wildman–Crippen LogP) is 6.70. The van der Waals surface area contributed by atoms with E-state index in [2.05, 4.69) is 47.3 Å². The summed E-state index contributed by atoms with van der Waals surface area (Å²) in [5.74, 6) is 1.90. The fourth-order valence-corrected chi connectivity index (χ4v) is 5.64. The lowest BCUT2D eigenvalue weighted by atomic mass is 10.1. The van der Waals surface area contributed by atoms with Crippen molar-refractivity contribution in [1.82, 2.24) is 4.90 Å². The molecule has 2 aromatic carbocycles. The number of amides is 1. The van der Waals surface area contributed by atoms with Crippen LogP contribution in [0.3, 0.4) is 0 Å². The minimum Gasteiger partial charge on any atom is -1.00 e. The molecule has 2 heterocycles. The molecular formula is C38H50BrN3O2. The number of nitrogens with zero attached hydrogens (tertiary/aromatic N) is 3. The quantitative estimate of drug-likeness (QED) is 0.117. The molecule has 44 heavy (non-hydrogen) atoms. The molecule has 4 rings (SSSR count). The smallest absolute Gasteiger partial charge is 0.247 e. The van der Waals surface area contributed by atoms with Crippen molar-refractivity contribution < 1.29 is 26.5 Å². The van der Waals surface area contributed by atoms with Crippen molar-refractivity contribution in [3.8, 4) is 5.75 Å². The van der Waals surface area contributed by atoms with Gasteiger partial charge in [-0.3, -0.25) is 4.79 Å². The van der Waals surface area contributed by atoms with Crippen molar-refractivity contribution in [2.75, 3.05) is 11.5 Å². The zero-order valence-electron chi connectivity index (χ0n) is 26.8. The number of amidine groups is 1. The van der Waals surface area contributed by atoms with Crippen LogP contribution in [0.5, 0.6) is 5.75 Å². The molecule has 0 fully saturated rings. The number of carbonyl (C=O) groups excluding carboxylic acids is 1. The second-order valence-electron chi connectivity index (χ2n) is 11.7. The highest BCUT2D eigenvalue weighted by atomic mass is 79.9. The minimum atomic E-state index is 0. The van der Waals surface area contributed by atoms with Gasteiger partial charge < -0.3 is 26.6 Å². The summed E-state index contributed by atoms with van der Waals surface area (Å²) in [4.78, 5) is 21.5. The number of fused-ring (bicyclic) bond motifs is 1. The van der Waals surface area contributed by atoms with Crippen LogP contribution in [0.2, 0.25) is 0 Å². The Morgan fingerprint density at radius 1 is 0.841 bits per heavy atom. The summed E-state index contributed by atoms with van der Waals surface area (Å²) in [5, 5.41) is 0. The first-order valence-electron chi connectivity index (χ1n) is 16.6. The number of carbonyl (C=O) groups is 1. The second kappa shape index (κ2) is 19.9. The number of ether oxygens (including phenoxy) is 1. The van der Waals surface area contributed by atoms with Crippen LogP contribution in [0.15, 0.2) is 83.6 Å². The van der Waals surface area contributed by atoms with E-state index in [1.807, 2.05) is 60.5 Å². The van der Waals surface area contributed by atoms with Crippen molar-refractivity contribution in [2.24, 2.45) is 4.99 Å². The molecule has 2 aliphatic heterocycles. The average Bonchev–Trinajstić information content (AvgIpc) is 3.44. The molecule has 0 unspecified atom stereocenters. The molecule has 0 radical (unpaired) electrons. The Labute approximate surface area is 276 Å². The molecule has 0 saturated heterocycles. The van der Waals surface area contributed by atoms with Crippen molar-refractivity contribution in [3.63, 3.8) is 0 Å². The van der Waals surface area contributed by atoms with Gasteiger partial charge in [-0.2, -0.15) is 0 Å². The topological polar surface area (TPSA) is 45.1 Å². The molecule has 236 valence electrons. The van der Waals surface area contributed by atoms with Gasteiger partial charge >= 0.3 is 0 Å². The molecule has 0 spiro atoms. The molecule has 2 aliphatic rings. The molecular weight excluding hydrogens is 610 g/mol. The number of hydrogen-bond donors (Lipinski definition) is 0. The Hall–Kier alpha value is -3.21. The molecule has 5 nitrogen and oxygen atoms in total. The van der Waals surface area contributed by atoms with Gasteiger partial charge in [0.15, 0.2) is 6.20 Å². The van der Waals surface area contributed by atoms with E-state index in [4.69, 9.17) is 4.74 Å². The van der Waals surface area contributed by atoms with Crippen molar-refractivity contribution >= 4 is 17.4 Å². The third-order valence-electron chi connectivity index (χ3n) is 8.13. The first kappa shape index (κ1) is 35.3. The maximum atomic E-state index is 13.1. The SMILES string of the molecule is CCCCCCCCCCCCCCOc1cccc(CN(C(=O)CC)c2cccc(CC3=N[C+]=C4C=CC=CN43)c2)c1.[Br-]. The van der Waals surface area contributed by atoms with E-state index in [-0.39, 0.29) is 22.9 Å². The monoisotopic (exact) mass is 659 g/mol. The van der Waals surface area contributed by atoms with Gasteiger partial charge in [0.2, 0.25) is 17.4 Å². The summed E-state index contributed by atoms with van der Waals surface area (Å²) < 4.78 is 6.11. The maximum Gasteiger partial charge on any atom is 0.247 e. The van der Waals surface area contributed by atoms with Gasteiger partial charge in [-0.25, -0.2) is 4.90 Å². The molecule has 2 aromatic rings. The van der Waals surface area contributed by atoms with Crippen LogP contribution < -0.4 is 26.6 Å². The zero-order valence-corrected chi connectivity index (χ0v) is 28.4. The van der Waals surface area contributed by atoms with Crippen molar-refractivity contribution in [2.45, 2.75) is 110 Å². The Kier molecular flexibility index (Phi) is 16.0. The van der Waals surface area contributed by atoms with Crippen LogP contribution in [0, 0.1) is 6.20 Å². The summed E-state index contributed by atoms with van der Waals surface area (Å²) in [6, 6.07) is 16.4. The number of halogens is 1. The van der Waals surface area contributed by atoms with Crippen LogP contribution in [-0.2, 0) is 17.8 Å². The standard InChI is InChI=1S/C38H50N3O2.BrH/c1-3-5-6-7-8-9-10-11-12-13-14-17-26-43-36-24-19-21-33(28-36)31-41(38(42)4-2)34-23-18-20-32(27-34)29-37-39-30-35-22-15-16-25-40(35)37;/h15-16,18-25,27-28H,3-14,17,26,29,31H2,1-2H3;1H/q+1;/p-1. The molecule has 0 aliphatic carbocycles. The fourth-order valence-electron chi connectivity index (χ4n) is 5.64. The number of anilines is 1. The van der Waals surface area contributed by atoms with E-state index in [0.29, 0.717) is 19.4 Å². The van der Waals surface area contributed by atoms with E-state index in [0.717, 1.165) is 47.1 Å². The highest BCUT2D eigenvalue weighted by Gasteiger charge is 2.29. The van der Waals surface area contributed by atoms with E-state index in [9.17, 15) is 4.79 Å². The number of allylic oxidation sites excluding steroid dienone is 3. The first-order chi connectivity index (χ1) is 21.2. The molecule has 0 saturated carbocycles. The lowest BCUT2D eigenvalue weighted by molar-refractivity contribution is -0.118. The highest BCUT2D eigenvalue weighted by molar-refractivity contribution is 5.94.